The number of carbonyl (C=O) groups excluding carboxylic acids is 1. The Bertz CT molecular complexity index is 1760. The maximum Gasteiger partial charge on any atom is 0.315 e. The summed E-state index contributed by atoms with van der Waals surface area (Å²) in [5.41, 5.74) is -1.35. The normalized spacial score (nSPS) is 54.3. The van der Waals surface area contributed by atoms with Gasteiger partial charge in [0.05, 0.1) is 37.9 Å². The lowest BCUT2D eigenvalue weighted by Crippen LogP contribution is -2.67. The van der Waals surface area contributed by atoms with Crippen LogP contribution in [0.25, 0.3) is 0 Å². The molecule has 5 aliphatic carbocycles. The summed E-state index contributed by atoms with van der Waals surface area (Å²) in [5.74, 6) is -0.538. The molecule has 8 rings (SSSR count). The second-order valence-corrected chi connectivity index (χ2v) is 22.9. The van der Waals surface area contributed by atoms with Gasteiger partial charge >= 0.3 is 5.97 Å². The number of carbonyl (C=O) groups is 1. The molecule has 8 aliphatic rings. The Kier molecular flexibility index (Phi) is 13.7. The topological polar surface area (TPSA) is 295 Å². The van der Waals surface area contributed by atoms with Crippen molar-refractivity contribution in [1.29, 1.82) is 0 Å². The molecule has 0 radical (unpaired) electrons. The van der Waals surface area contributed by atoms with Crippen molar-refractivity contribution in [3.63, 3.8) is 0 Å². The first-order chi connectivity index (χ1) is 30.4. The molecule has 0 spiro atoms. The van der Waals surface area contributed by atoms with Gasteiger partial charge in [0.1, 0.15) is 67.1 Å². The number of aliphatic hydroxyl groups is 11. The number of fused-ring (bicyclic) bond motifs is 7. The van der Waals surface area contributed by atoms with Crippen molar-refractivity contribution < 1.29 is 89.4 Å². The average molecular weight is 929 g/mol. The molecule has 3 aliphatic heterocycles. The van der Waals surface area contributed by atoms with E-state index in [0.717, 1.165) is 38.5 Å². The number of aliphatic hydroxyl groups excluding tert-OH is 11. The van der Waals surface area contributed by atoms with E-state index in [1.165, 1.54) is 5.57 Å². The number of hydrogen-bond acceptors (Lipinski definition) is 18. The van der Waals surface area contributed by atoms with Crippen molar-refractivity contribution in [2.45, 2.75) is 198 Å². The number of ether oxygens (including phenoxy) is 6. The summed E-state index contributed by atoms with van der Waals surface area (Å²) in [6.45, 7) is 12.0. The third-order valence-corrected chi connectivity index (χ3v) is 19.0. The van der Waals surface area contributed by atoms with Crippen LogP contribution in [-0.2, 0) is 33.2 Å². The van der Waals surface area contributed by atoms with E-state index in [0.29, 0.717) is 25.7 Å². The Morgan fingerprint density at radius 1 is 0.692 bits per heavy atom. The molecule has 0 bridgehead atoms. The third kappa shape index (κ3) is 7.89. The van der Waals surface area contributed by atoms with Gasteiger partial charge in [-0.15, -0.1) is 0 Å². The molecule has 0 aromatic carbocycles. The van der Waals surface area contributed by atoms with E-state index < -0.39 is 122 Å². The first-order valence-electron chi connectivity index (χ1n) is 23.9. The summed E-state index contributed by atoms with van der Waals surface area (Å²) >= 11 is 0. The molecule has 11 N–H and O–H groups in total. The van der Waals surface area contributed by atoms with Crippen LogP contribution in [0.1, 0.15) is 106 Å². The summed E-state index contributed by atoms with van der Waals surface area (Å²) in [7, 11) is 0. The molecule has 0 aromatic rings. The summed E-state index contributed by atoms with van der Waals surface area (Å²) < 4.78 is 35.2. The average Bonchev–Trinajstić information content (AvgIpc) is 3.26. The fraction of sp³-hybridized carbons (Fsp3) is 0.936. The van der Waals surface area contributed by atoms with Crippen molar-refractivity contribution in [1.82, 2.24) is 0 Å². The molecule has 372 valence electrons. The van der Waals surface area contributed by atoms with Gasteiger partial charge in [-0.1, -0.05) is 53.2 Å². The summed E-state index contributed by atoms with van der Waals surface area (Å²) in [5, 5.41) is 116. The van der Waals surface area contributed by atoms with E-state index in [9.17, 15) is 61.0 Å². The number of esters is 1. The molecule has 0 aromatic heterocycles. The molecular formula is C47H76O18. The van der Waals surface area contributed by atoms with Crippen molar-refractivity contribution in [3.05, 3.63) is 11.6 Å². The van der Waals surface area contributed by atoms with Crippen molar-refractivity contribution >= 4 is 5.97 Å². The Hall–Kier alpha value is -1.43. The van der Waals surface area contributed by atoms with Crippen LogP contribution in [-0.4, -0.2) is 181 Å². The second-order valence-electron chi connectivity index (χ2n) is 22.9. The molecule has 18 heteroatoms. The molecule has 4 saturated carbocycles. The summed E-state index contributed by atoms with van der Waals surface area (Å²) in [6, 6.07) is 0. The monoisotopic (exact) mass is 929 g/mol. The standard InChI is InChI=1S/C47H76O18/c1-42(2)13-15-47(41(59)65-40-37(58)34(55)32(53)26(63-40)20-61-38-35(56)30(51)24(50)19-60-38)16-14-45(5)22(23(47)17-42)7-8-28-43(3)11-10-29(44(4,21-49)27(43)9-12-46(28,45)6)64-39-36(57)33(54)31(52)25(18-48)62-39/h7,23-40,48-58H,8-21H2,1-6H3/t23?,24-,25-,26-,27-,28-,29+,30+,31+,32+,33+,34+,35-,36-,37-,38+,39+,40+,43+,44+,45-,46-,47?/m1/s1. The first kappa shape index (κ1) is 50.0. The largest absolute Gasteiger partial charge is 0.432 e. The van der Waals surface area contributed by atoms with Crippen LogP contribution in [0.5, 0.6) is 0 Å². The molecule has 65 heavy (non-hydrogen) atoms. The van der Waals surface area contributed by atoms with Crippen molar-refractivity contribution in [3.8, 4) is 0 Å². The van der Waals surface area contributed by atoms with Crippen LogP contribution >= 0.6 is 0 Å². The van der Waals surface area contributed by atoms with E-state index >= 15 is 0 Å². The molecule has 3 heterocycles. The lowest BCUT2D eigenvalue weighted by Gasteiger charge is -2.71. The highest BCUT2D eigenvalue weighted by molar-refractivity contribution is 5.79. The summed E-state index contributed by atoms with van der Waals surface area (Å²) in [4.78, 5) is 14.9. The van der Waals surface area contributed by atoms with E-state index in [2.05, 4.69) is 40.7 Å². The minimum Gasteiger partial charge on any atom is -0.432 e. The quantitative estimate of drug-likeness (QED) is 0.0808. The predicted octanol–water partition coefficient (Wildman–Crippen LogP) is -0.248. The van der Waals surface area contributed by atoms with Crippen LogP contribution in [0.2, 0.25) is 0 Å². The zero-order chi connectivity index (χ0) is 47.4. The molecule has 18 nitrogen and oxygen atoms in total. The van der Waals surface area contributed by atoms with E-state index in [1.807, 2.05) is 6.92 Å². The van der Waals surface area contributed by atoms with Crippen LogP contribution in [0.4, 0.5) is 0 Å². The Balaban J connectivity index is 1.02. The van der Waals surface area contributed by atoms with Gasteiger partial charge in [0.25, 0.3) is 0 Å². The van der Waals surface area contributed by atoms with E-state index in [4.69, 9.17) is 28.4 Å². The Labute approximate surface area is 380 Å². The van der Waals surface area contributed by atoms with Crippen LogP contribution in [0, 0.1) is 50.2 Å². The van der Waals surface area contributed by atoms with Gasteiger partial charge in [-0.25, -0.2) is 0 Å². The van der Waals surface area contributed by atoms with E-state index in [1.54, 1.807) is 0 Å². The molecule has 2 unspecified atom stereocenters. The van der Waals surface area contributed by atoms with Gasteiger partial charge in [0, 0.05) is 5.41 Å². The van der Waals surface area contributed by atoms with E-state index in [-0.39, 0.29) is 52.6 Å². The minimum atomic E-state index is -1.78. The zero-order valence-corrected chi connectivity index (χ0v) is 38.6. The maximum absolute atomic E-state index is 14.9. The zero-order valence-electron chi connectivity index (χ0n) is 38.6. The SMILES string of the molecule is CC1(C)CCC2(C(=O)O[C@@H]3O[C@H](CO[C@@H]4OC[C@@H](O)[C@H](O)[C@H]4O)[C@H](O)[C@H](O)[C@H]3O)CC[C@]3(C)C(=CC[C@@H]4[C@@]5(C)CC[C@H](O[C@@H]6O[C@H](CO)[C@H](O)[C@H](O)[C@H]6O)[C@@](C)(CO)[C@@H]5CC[C@]43C)C2C1. The van der Waals surface area contributed by atoms with Crippen LogP contribution < -0.4 is 0 Å². The molecule has 7 fully saturated rings. The molecule has 0 amide bonds. The van der Waals surface area contributed by atoms with Gasteiger partial charge in [-0.2, -0.15) is 0 Å². The lowest BCUT2D eigenvalue weighted by molar-refractivity contribution is -0.333. The highest BCUT2D eigenvalue weighted by Crippen LogP contribution is 2.76. The fourth-order valence-electron chi connectivity index (χ4n) is 14.7. The minimum absolute atomic E-state index is 0.0105. The van der Waals surface area contributed by atoms with Crippen LogP contribution in [0.15, 0.2) is 11.6 Å². The van der Waals surface area contributed by atoms with Gasteiger partial charge in [-0.05, 0) is 104 Å². The van der Waals surface area contributed by atoms with Gasteiger partial charge < -0.3 is 84.6 Å². The summed E-state index contributed by atoms with van der Waals surface area (Å²) in [6.07, 6.45) is -12.4. The predicted molar refractivity (Wildman–Crippen MR) is 226 cm³/mol. The highest BCUT2D eigenvalue weighted by Gasteiger charge is 2.70. The smallest absolute Gasteiger partial charge is 0.315 e. The Morgan fingerprint density at radius 2 is 1.32 bits per heavy atom. The number of rotatable bonds is 9. The second kappa shape index (κ2) is 17.8. The van der Waals surface area contributed by atoms with Crippen LogP contribution in [0.3, 0.4) is 0 Å². The Morgan fingerprint density at radius 3 is 2.00 bits per heavy atom. The van der Waals surface area contributed by atoms with Crippen molar-refractivity contribution in [2.75, 3.05) is 26.4 Å². The number of hydrogen-bond donors (Lipinski definition) is 11. The first-order valence-corrected chi connectivity index (χ1v) is 23.9. The maximum atomic E-state index is 14.9. The molecule has 23 atom stereocenters. The van der Waals surface area contributed by atoms with Gasteiger partial charge in [0.15, 0.2) is 12.6 Å². The van der Waals surface area contributed by atoms with Gasteiger partial charge in [-0.3, -0.25) is 4.79 Å². The molecule has 3 saturated heterocycles. The third-order valence-electron chi connectivity index (χ3n) is 19.0. The van der Waals surface area contributed by atoms with Gasteiger partial charge in [0.2, 0.25) is 6.29 Å². The van der Waals surface area contributed by atoms with Crippen molar-refractivity contribution in [2.24, 2.45) is 50.2 Å². The fourth-order valence-corrected chi connectivity index (χ4v) is 14.7. The highest BCUT2D eigenvalue weighted by atomic mass is 16.7. The molecular weight excluding hydrogens is 852 g/mol. The number of allylic oxidation sites excluding steroid dienone is 2. The lowest BCUT2D eigenvalue weighted by atomic mass is 9.33.